The summed E-state index contributed by atoms with van der Waals surface area (Å²) < 4.78 is 2.41. The molecule has 4 nitrogen and oxygen atoms in total. The van der Waals surface area contributed by atoms with Gasteiger partial charge in [0.15, 0.2) is 0 Å². The normalized spacial score (nSPS) is 16.4. The largest absolute Gasteiger partial charge is 0.374 e. The minimum Gasteiger partial charge on any atom is -0.374 e. The molecule has 1 aliphatic rings. The molecule has 0 N–H and O–H groups in total. The van der Waals surface area contributed by atoms with Gasteiger partial charge in [0.25, 0.3) is 0 Å². The average molecular weight is 446 g/mol. The second kappa shape index (κ2) is 9.72. The molecule has 0 bridgehead atoms. The number of carbonyl (C=O) groups excluding carboxylic acids is 1. The van der Waals surface area contributed by atoms with E-state index >= 15 is 0 Å². The average Bonchev–Trinajstić information content (AvgIpc) is 3.13. The Kier molecular flexibility index (Phi) is 6.94. The van der Waals surface area contributed by atoms with E-state index in [1.165, 1.54) is 33.3 Å². The van der Waals surface area contributed by atoms with Gasteiger partial charge in [-0.05, 0) is 88.4 Å². The van der Waals surface area contributed by atoms with Gasteiger partial charge in [-0.25, -0.2) is 0 Å². The fraction of sp³-hybridized carbons (Fsp3) is 0.483. The van der Waals surface area contributed by atoms with Crippen LogP contribution in [-0.2, 0) is 11.3 Å². The van der Waals surface area contributed by atoms with Crippen LogP contribution in [0.4, 0.5) is 5.69 Å². The number of piperidine rings is 1. The third kappa shape index (κ3) is 5.16. The zero-order valence-electron chi connectivity index (χ0n) is 21.0. The first-order valence-corrected chi connectivity index (χ1v) is 12.3. The van der Waals surface area contributed by atoms with Crippen LogP contribution >= 0.6 is 0 Å². The fourth-order valence-electron chi connectivity index (χ4n) is 5.41. The summed E-state index contributed by atoms with van der Waals surface area (Å²) in [6, 6.07) is 16.0. The molecule has 176 valence electrons. The highest BCUT2D eigenvalue weighted by Crippen LogP contribution is 2.37. The molecule has 2 heterocycles. The monoisotopic (exact) mass is 445 g/mol. The lowest BCUT2D eigenvalue weighted by atomic mass is 9.75. The molecular weight excluding hydrogens is 406 g/mol. The van der Waals surface area contributed by atoms with E-state index in [1.807, 2.05) is 0 Å². The van der Waals surface area contributed by atoms with E-state index in [1.54, 1.807) is 0 Å². The summed E-state index contributed by atoms with van der Waals surface area (Å²) in [5, 5.41) is 1.37. The summed E-state index contributed by atoms with van der Waals surface area (Å²) in [6.45, 7) is 12.8. The number of aryl methyl sites for hydroxylation is 2. The first-order valence-electron chi connectivity index (χ1n) is 12.3. The molecule has 0 atom stereocenters. The van der Waals surface area contributed by atoms with Gasteiger partial charge in [-0.1, -0.05) is 29.8 Å². The van der Waals surface area contributed by atoms with Gasteiger partial charge in [0.1, 0.15) is 6.29 Å². The highest BCUT2D eigenvalue weighted by Gasteiger charge is 2.35. The van der Waals surface area contributed by atoms with Crippen LogP contribution in [0.2, 0.25) is 0 Å². The molecule has 1 aliphatic heterocycles. The molecule has 0 amide bonds. The lowest BCUT2D eigenvalue weighted by molar-refractivity contribution is -0.110. The van der Waals surface area contributed by atoms with Gasteiger partial charge >= 0.3 is 0 Å². The number of carbonyl (C=O) groups is 1. The summed E-state index contributed by atoms with van der Waals surface area (Å²) >= 11 is 0. The number of hydrogen-bond acceptors (Lipinski definition) is 3. The standard InChI is InChI=1S/C29H39N3O/c1-22(2)32-20-25(27-11-8-24(4)18-28(27)32)19-31-15-12-29(13-16-31,14-17-33)21-30(5)26-9-6-23(3)7-10-26/h6-11,17-18,20,22H,12-16,19,21H2,1-5H3. The lowest BCUT2D eigenvalue weighted by Crippen LogP contribution is -2.45. The Hall–Kier alpha value is -2.59. The Morgan fingerprint density at radius 1 is 1.03 bits per heavy atom. The number of aromatic nitrogens is 1. The topological polar surface area (TPSA) is 28.5 Å². The number of benzene rings is 2. The molecule has 0 unspecified atom stereocenters. The van der Waals surface area contributed by atoms with Crippen molar-refractivity contribution in [2.24, 2.45) is 5.41 Å². The predicted molar refractivity (Wildman–Crippen MR) is 139 cm³/mol. The van der Waals surface area contributed by atoms with Gasteiger partial charge < -0.3 is 14.3 Å². The van der Waals surface area contributed by atoms with Crippen molar-refractivity contribution in [2.75, 3.05) is 31.6 Å². The number of fused-ring (bicyclic) bond motifs is 1. The first-order chi connectivity index (χ1) is 15.8. The minimum absolute atomic E-state index is 0.0565. The molecule has 1 saturated heterocycles. The van der Waals surface area contributed by atoms with E-state index in [2.05, 4.69) is 97.8 Å². The molecule has 0 spiro atoms. The van der Waals surface area contributed by atoms with Gasteiger partial charge in [-0.2, -0.15) is 0 Å². The van der Waals surface area contributed by atoms with Crippen molar-refractivity contribution >= 4 is 22.9 Å². The molecule has 4 heteroatoms. The van der Waals surface area contributed by atoms with Crippen LogP contribution in [-0.4, -0.2) is 42.4 Å². The number of anilines is 1. The van der Waals surface area contributed by atoms with Crippen LogP contribution < -0.4 is 4.90 Å². The SMILES string of the molecule is Cc1ccc(N(C)CC2(CC=O)CCN(Cc3cn(C(C)C)c4cc(C)ccc34)CC2)cc1. The van der Waals surface area contributed by atoms with Crippen LogP contribution in [0, 0.1) is 19.3 Å². The molecule has 2 aromatic carbocycles. The number of hydrogen-bond donors (Lipinski definition) is 0. The van der Waals surface area contributed by atoms with Gasteiger partial charge in [-0.15, -0.1) is 0 Å². The van der Waals surface area contributed by atoms with Gasteiger partial charge in [0.05, 0.1) is 0 Å². The van der Waals surface area contributed by atoms with E-state index < -0.39 is 0 Å². The predicted octanol–water partition coefficient (Wildman–Crippen LogP) is 6.15. The Morgan fingerprint density at radius 2 is 1.70 bits per heavy atom. The maximum atomic E-state index is 11.6. The number of likely N-dealkylation sites (tertiary alicyclic amines) is 1. The summed E-state index contributed by atoms with van der Waals surface area (Å²) in [5.74, 6) is 0. The van der Waals surface area contributed by atoms with Gasteiger partial charge in [0, 0.05) is 55.4 Å². The molecule has 4 rings (SSSR count). The summed E-state index contributed by atoms with van der Waals surface area (Å²) in [7, 11) is 2.16. The maximum absolute atomic E-state index is 11.6. The van der Waals surface area contributed by atoms with Crippen molar-refractivity contribution < 1.29 is 4.79 Å². The van der Waals surface area contributed by atoms with Crippen molar-refractivity contribution in [2.45, 2.75) is 59.5 Å². The smallest absolute Gasteiger partial charge is 0.120 e. The third-order valence-electron chi connectivity index (χ3n) is 7.50. The van der Waals surface area contributed by atoms with Crippen molar-refractivity contribution in [1.29, 1.82) is 0 Å². The molecule has 0 aliphatic carbocycles. The Morgan fingerprint density at radius 3 is 2.33 bits per heavy atom. The van der Waals surface area contributed by atoms with Crippen LogP contribution in [0.5, 0.6) is 0 Å². The Bertz CT molecular complexity index is 1090. The zero-order chi connectivity index (χ0) is 23.6. The second-order valence-electron chi connectivity index (χ2n) is 10.5. The third-order valence-corrected chi connectivity index (χ3v) is 7.50. The second-order valence-corrected chi connectivity index (χ2v) is 10.5. The summed E-state index contributed by atoms with van der Waals surface area (Å²) in [5.41, 5.74) is 6.62. The zero-order valence-corrected chi connectivity index (χ0v) is 21.0. The maximum Gasteiger partial charge on any atom is 0.120 e. The highest BCUT2D eigenvalue weighted by atomic mass is 16.1. The quantitative estimate of drug-likeness (QED) is 0.390. The lowest BCUT2D eigenvalue weighted by Gasteiger charge is -2.43. The number of aldehydes is 1. The van der Waals surface area contributed by atoms with Gasteiger partial charge in [0.2, 0.25) is 0 Å². The van der Waals surface area contributed by atoms with Crippen LogP contribution in [0.25, 0.3) is 10.9 Å². The molecule has 1 aromatic heterocycles. The Labute approximate surface area is 199 Å². The van der Waals surface area contributed by atoms with Crippen molar-refractivity contribution in [1.82, 2.24) is 9.47 Å². The Balaban J connectivity index is 1.46. The van der Waals surface area contributed by atoms with E-state index in [0.29, 0.717) is 12.5 Å². The van der Waals surface area contributed by atoms with Crippen molar-refractivity contribution in [3.05, 3.63) is 65.4 Å². The first kappa shape index (κ1) is 23.6. The van der Waals surface area contributed by atoms with Crippen LogP contribution in [0.15, 0.2) is 48.7 Å². The van der Waals surface area contributed by atoms with Crippen molar-refractivity contribution in [3.8, 4) is 0 Å². The van der Waals surface area contributed by atoms with E-state index in [9.17, 15) is 4.79 Å². The molecule has 0 radical (unpaired) electrons. The van der Waals surface area contributed by atoms with Gasteiger partial charge in [-0.3, -0.25) is 4.90 Å². The van der Waals surface area contributed by atoms with Crippen LogP contribution in [0.3, 0.4) is 0 Å². The molecule has 1 fully saturated rings. The minimum atomic E-state index is 0.0565. The molecule has 0 saturated carbocycles. The summed E-state index contributed by atoms with van der Waals surface area (Å²) in [6.07, 6.45) is 6.25. The fourth-order valence-corrected chi connectivity index (χ4v) is 5.41. The van der Waals surface area contributed by atoms with E-state index in [4.69, 9.17) is 0 Å². The molecule has 3 aromatic rings. The van der Waals surface area contributed by atoms with Crippen LogP contribution in [0.1, 0.15) is 55.8 Å². The van der Waals surface area contributed by atoms with E-state index in [0.717, 1.165) is 45.3 Å². The number of nitrogens with zero attached hydrogens (tertiary/aromatic N) is 3. The summed E-state index contributed by atoms with van der Waals surface area (Å²) in [4.78, 5) is 16.5. The molecular formula is C29H39N3O. The highest BCUT2D eigenvalue weighted by molar-refractivity contribution is 5.84. The molecule has 33 heavy (non-hydrogen) atoms. The number of rotatable bonds is 8. The van der Waals surface area contributed by atoms with E-state index in [-0.39, 0.29) is 5.41 Å². The van der Waals surface area contributed by atoms with Crippen molar-refractivity contribution in [3.63, 3.8) is 0 Å².